The third-order valence-corrected chi connectivity index (χ3v) is 7.10. The molecular weight excluding hydrogens is 540 g/mol. The van der Waals surface area contributed by atoms with Gasteiger partial charge in [0.15, 0.2) is 0 Å². The van der Waals surface area contributed by atoms with Crippen molar-refractivity contribution in [2.24, 2.45) is 0 Å². The van der Waals surface area contributed by atoms with Gasteiger partial charge in [-0.2, -0.15) is 0 Å². The summed E-state index contributed by atoms with van der Waals surface area (Å²) < 4.78 is 22.0. The topological polar surface area (TPSA) is 199 Å². The molecule has 0 unspecified atom stereocenters. The Bertz CT molecular complexity index is 1140. The van der Waals surface area contributed by atoms with Gasteiger partial charge in [-0.05, 0) is 35.4 Å². The predicted molar refractivity (Wildman–Crippen MR) is 144 cm³/mol. The van der Waals surface area contributed by atoms with Gasteiger partial charge in [-0.25, -0.2) is 0 Å². The zero-order chi connectivity index (χ0) is 29.7. The highest BCUT2D eigenvalue weighted by Gasteiger charge is 2.45. The van der Waals surface area contributed by atoms with Crippen LogP contribution >= 0.6 is 0 Å². The van der Waals surface area contributed by atoms with E-state index in [1.165, 1.54) is 0 Å². The number of hydrogen-bond acceptors (Lipinski definition) is 12. The fourth-order valence-electron chi connectivity index (χ4n) is 4.56. The lowest BCUT2D eigenvalue weighted by Gasteiger charge is -2.39. The van der Waals surface area contributed by atoms with Gasteiger partial charge in [0.1, 0.15) is 60.3 Å². The van der Waals surface area contributed by atoms with Crippen LogP contribution in [0.15, 0.2) is 67.3 Å². The van der Waals surface area contributed by atoms with Crippen molar-refractivity contribution >= 4 is 6.08 Å². The number of aliphatic hydroxyl groups excluding tert-OH is 8. The van der Waals surface area contributed by atoms with Gasteiger partial charge in [0, 0.05) is 5.92 Å². The molecule has 2 fully saturated rings. The molecule has 0 amide bonds. The van der Waals surface area contributed by atoms with Crippen molar-refractivity contribution < 1.29 is 59.8 Å². The molecule has 2 heterocycles. The lowest BCUT2D eigenvalue weighted by Crippen LogP contribution is -2.60. The SMILES string of the molecule is C=C[C@@H](/C=C/c1ccc(O[C@@H]2O[C@H](CO)[C@@H](O)[C@H](O)[C@H]2O)cc1)c1ccc(O[C@@H]2O[C@H](CO)[C@@H](O)[C@H](O)[C@H]2O)cc1. The molecule has 2 aromatic carbocycles. The monoisotopic (exact) mass is 576 g/mol. The average Bonchev–Trinajstić information content (AvgIpc) is 2.99. The first-order valence-corrected chi connectivity index (χ1v) is 13.1. The Kier molecular flexibility index (Phi) is 10.5. The molecule has 12 heteroatoms. The van der Waals surface area contributed by atoms with Crippen molar-refractivity contribution in [1.82, 2.24) is 0 Å². The third-order valence-electron chi connectivity index (χ3n) is 7.10. The molecule has 11 atom stereocenters. The molecule has 0 bridgehead atoms. The number of hydrogen-bond donors (Lipinski definition) is 8. The highest BCUT2D eigenvalue weighted by Crippen LogP contribution is 2.28. The molecule has 0 radical (unpaired) electrons. The second-order valence-electron chi connectivity index (χ2n) is 9.89. The van der Waals surface area contributed by atoms with E-state index in [0.717, 1.165) is 11.1 Å². The summed E-state index contributed by atoms with van der Waals surface area (Å²) in [6.07, 6.45) is -8.15. The zero-order valence-electron chi connectivity index (χ0n) is 22.0. The zero-order valence-corrected chi connectivity index (χ0v) is 22.0. The molecule has 0 aliphatic carbocycles. The largest absolute Gasteiger partial charge is 0.462 e. The number of aliphatic hydroxyl groups is 8. The van der Waals surface area contributed by atoms with E-state index in [1.54, 1.807) is 54.6 Å². The first kappa shape index (κ1) is 31.1. The smallest absolute Gasteiger partial charge is 0.229 e. The van der Waals surface area contributed by atoms with Crippen molar-refractivity contribution in [3.63, 3.8) is 0 Å². The van der Waals surface area contributed by atoms with Crippen LogP contribution in [0.2, 0.25) is 0 Å². The minimum Gasteiger partial charge on any atom is -0.462 e. The lowest BCUT2D eigenvalue weighted by molar-refractivity contribution is -0.277. The lowest BCUT2D eigenvalue weighted by atomic mass is 9.97. The molecule has 2 saturated heterocycles. The van der Waals surface area contributed by atoms with Crippen molar-refractivity contribution in [2.45, 2.75) is 67.3 Å². The van der Waals surface area contributed by atoms with Gasteiger partial charge in [0.2, 0.25) is 12.6 Å². The van der Waals surface area contributed by atoms with E-state index in [0.29, 0.717) is 11.5 Å². The fourth-order valence-corrected chi connectivity index (χ4v) is 4.56. The van der Waals surface area contributed by atoms with E-state index in [-0.39, 0.29) is 5.92 Å². The summed E-state index contributed by atoms with van der Waals surface area (Å²) >= 11 is 0. The molecular formula is C29H36O12. The molecule has 41 heavy (non-hydrogen) atoms. The van der Waals surface area contributed by atoms with Crippen LogP contribution in [0.1, 0.15) is 17.0 Å². The van der Waals surface area contributed by atoms with Crippen LogP contribution in [0, 0.1) is 0 Å². The van der Waals surface area contributed by atoms with Gasteiger partial charge >= 0.3 is 0 Å². The van der Waals surface area contributed by atoms with Crippen molar-refractivity contribution in [3.8, 4) is 11.5 Å². The van der Waals surface area contributed by atoms with Crippen LogP contribution in [-0.4, -0.2) is 115 Å². The van der Waals surface area contributed by atoms with E-state index in [1.807, 2.05) is 12.2 Å². The molecule has 0 saturated carbocycles. The number of ether oxygens (including phenoxy) is 4. The maximum Gasteiger partial charge on any atom is 0.229 e. The fraction of sp³-hybridized carbons (Fsp3) is 0.448. The summed E-state index contributed by atoms with van der Waals surface area (Å²) in [5, 5.41) is 78.7. The molecule has 0 spiro atoms. The molecule has 4 rings (SSSR count). The van der Waals surface area contributed by atoms with Gasteiger partial charge in [0.25, 0.3) is 0 Å². The average molecular weight is 577 g/mol. The van der Waals surface area contributed by atoms with E-state index in [9.17, 15) is 40.9 Å². The van der Waals surface area contributed by atoms with E-state index >= 15 is 0 Å². The van der Waals surface area contributed by atoms with Crippen LogP contribution < -0.4 is 9.47 Å². The molecule has 0 aromatic heterocycles. The van der Waals surface area contributed by atoms with Crippen molar-refractivity contribution in [2.75, 3.05) is 13.2 Å². The summed E-state index contributed by atoms with van der Waals surface area (Å²) in [5.74, 6) is 0.531. The first-order valence-electron chi connectivity index (χ1n) is 13.1. The van der Waals surface area contributed by atoms with Gasteiger partial charge in [0.05, 0.1) is 13.2 Å². The van der Waals surface area contributed by atoms with Crippen LogP contribution in [0.3, 0.4) is 0 Å². The molecule has 2 aliphatic heterocycles. The van der Waals surface area contributed by atoms with Crippen LogP contribution in [-0.2, 0) is 9.47 Å². The number of rotatable bonds is 10. The summed E-state index contributed by atoms with van der Waals surface area (Å²) in [6, 6.07) is 13.8. The molecule has 12 nitrogen and oxygen atoms in total. The summed E-state index contributed by atoms with van der Waals surface area (Å²) in [6.45, 7) is 2.80. The van der Waals surface area contributed by atoms with Gasteiger partial charge < -0.3 is 59.8 Å². The first-order chi connectivity index (χ1) is 19.7. The van der Waals surface area contributed by atoms with Gasteiger partial charge in [-0.15, -0.1) is 6.58 Å². The molecule has 2 aliphatic rings. The Balaban J connectivity index is 1.35. The van der Waals surface area contributed by atoms with E-state index in [4.69, 9.17) is 18.9 Å². The molecule has 8 N–H and O–H groups in total. The summed E-state index contributed by atoms with van der Waals surface area (Å²) in [5.41, 5.74) is 1.72. The highest BCUT2D eigenvalue weighted by molar-refractivity contribution is 5.53. The van der Waals surface area contributed by atoms with Crippen LogP contribution in [0.4, 0.5) is 0 Å². The maximum absolute atomic E-state index is 10.2. The standard InChI is InChI=1S/C29H36O12/c1-2-16(17-7-11-19(12-8-17)39-29-27(37)25(35)23(33)21(14-31)41-29)6-3-15-4-9-18(10-5-15)38-28-26(36)24(34)22(32)20(13-30)40-28/h2-12,16,20-37H,1,13-14H2/b6-3+/t16-,20+,21+,22+,23+,24-,25-,26+,27+,28+,29+/m0/s1. The second-order valence-corrected chi connectivity index (χ2v) is 9.89. The van der Waals surface area contributed by atoms with Gasteiger partial charge in [-0.1, -0.05) is 42.5 Å². The summed E-state index contributed by atoms with van der Waals surface area (Å²) in [4.78, 5) is 0. The van der Waals surface area contributed by atoms with Gasteiger partial charge in [-0.3, -0.25) is 0 Å². The molecule has 224 valence electrons. The Hall–Kier alpha value is -2.88. The van der Waals surface area contributed by atoms with Crippen molar-refractivity contribution in [1.29, 1.82) is 0 Å². The second kappa shape index (κ2) is 13.9. The minimum atomic E-state index is -1.53. The van der Waals surface area contributed by atoms with Crippen molar-refractivity contribution in [3.05, 3.63) is 78.4 Å². The van der Waals surface area contributed by atoms with Crippen LogP contribution in [0.25, 0.3) is 6.08 Å². The third kappa shape index (κ3) is 7.13. The Labute approximate surface area is 236 Å². The predicted octanol–water partition coefficient (Wildman–Crippen LogP) is -0.973. The maximum atomic E-state index is 10.2. The number of allylic oxidation sites excluding steroid dienone is 2. The Morgan fingerprint density at radius 1 is 0.659 bits per heavy atom. The Morgan fingerprint density at radius 2 is 1.10 bits per heavy atom. The molecule has 2 aromatic rings. The minimum absolute atomic E-state index is 0.165. The van der Waals surface area contributed by atoms with Crippen LogP contribution in [0.5, 0.6) is 11.5 Å². The van der Waals surface area contributed by atoms with E-state index < -0.39 is 74.6 Å². The normalized spacial score (nSPS) is 34.7. The Morgan fingerprint density at radius 3 is 1.51 bits per heavy atom. The summed E-state index contributed by atoms with van der Waals surface area (Å²) in [7, 11) is 0. The quantitative estimate of drug-likeness (QED) is 0.161. The number of benzene rings is 2. The van der Waals surface area contributed by atoms with E-state index in [2.05, 4.69) is 6.58 Å². The highest BCUT2D eigenvalue weighted by atomic mass is 16.7.